The number of piperidine rings is 1. The van der Waals surface area contributed by atoms with Gasteiger partial charge in [-0.2, -0.15) is 0 Å². The highest BCUT2D eigenvalue weighted by Crippen LogP contribution is 2.33. The summed E-state index contributed by atoms with van der Waals surface area (Å²) in [4.78, 5) is 20.3. The monoisotopic (exact) mass is 393 g/mol. The Hall–Kier alpha value is -2.66. The van der Waals surface area contributed by atoms with Crippen LogP contribution in [0.3, 0.4) is 0 Å². The van der Waals surface area contributed by atoms with Gasteiger partial charge in [0.2, 0.25) is 5.91 Å². The summed E-state index contributed by atoms with van der Waals surface area (Å²) in [6.45, 7) is 4.22. The zero-order chi connectivity index (χ0) is 20.4. The van der Waals surface area contributed by atoms with E-state index in [0.717, 1.165) is 31.5 Å². The molecule has 1 amide bonds. The number of halogens is 1. The molecule has 1 saturated heterocycles. The maximum absolute atomic E-state index is 13.4. The van der Waals surface area contributed by atoms with Crippen LogP contribution >= 0.6 is 0 Å². The van der Waals surface area contributed by atoms with Crippen molar-refractivity contribution in [3.8, 4) is 0 Å². The average Bonchev–Trinajstić information content (AvgIpc) is 3.17. The van der Waals surface area contributed by atoms with E-state index in [4.69, 9.17) is 0 Å². The van der Waals surface area contributed by atoms with Crippen molar-refractivity contribution in [3.63, 3.8) is 0 Å². The molecule has 1 aliphatic rings. The Bertz CT molecular complexity index is 990. The van der Waals surface area contributed by atoms with Crippen LogP contribution in [0.4, 0.5) is 4.39 Å². The Morgan fingerprint density at radius 2 is 1.97 bits per heavy atom. The number of fused-ring (bicyclic) bond motifs is 1. The van der Waals surface area contributed by atoms with Crippen molar-refractivity contribution in [2.75, 3.05) is 20.1 Å². The summed E-state index contributed by atoms with van der Waals surface area (Å²) in [5.74, 6) is 0.338. The van der Waals surface area contributed by atoms with Crippen molar-refractivity contribution in [1.82, 2.24) is 14.8 Å². The average molecular weight is 394 g/mol. The number of likely N-dealkylation sites (tertiary alicyclic amines) is 1. The van der Waals surface area contributed by atoms with E-state index >= 15 is 0 Å². The number of nitrogens with one attached hydrogen (secondary N) is 1. The number of hydrogen-bond donors (Lipinski definition) is 1. The van der Waals surface area contributed by atoms with Crippen LogP contribution in [0.25, 0.3) is 10.9 Å². The van der Waals surface area contributed by atoms with Crippen molar-refractivity contribution in [1.29, 1.82) is 0 Å². The first kappa shape index (κ1) is 19.6. The fourth-order valence-corrected chi connectivity index (χ4v) is 4.49. The Morgan fingerprint density at radius 1 is 1.21 bits per heavy atom. The molecule has 0 spiro atoms. The van der Waals surface area contributed by atoms with Crippen LogP contribution < -0.4 is 0 Å². The number of aromatic amines is 1. The number of aromatic nitrogens is 1. The van der Waals surface area contributed by atoms with Gasteiger partial charge < -0.3 is 9.88 Å². The topological polar surface area (TPSA) is 39.3 Å². The van der Waals surface area contributed by atoms with Gasteiger partial charge in [0.1, 0.15) is 5.82 Å². The van der Waals surface area contributed by atoms with Gasteiger partial charge in [-0.15, -0.1) is 0 Å². The molecular weight excluding hydrogens is 365 g/mol. The van der Waals surface area contributed by atoms with Gasteiger partial charge in [-0.3, -0.25) is 9.69 Å². The molecule has 0 radical (unpaired) electrons. The largest absolute Gasteiger partial charge is 0.361 e. The molecule has 0 unspecified atom stereocenters. The Labute approximate surface area is 171 Å². The number of carbonyl (C=O) groups excluding carboxylic acids is 1. The van der Waals surface area contributed by atoms with Crippen LogP contribution in [0, 0.1) is 5.82 Å². The number of benzene rings is 2. The number of carbonyl (C=O) groups is 1. The SMILES string of the molecule is C[C@H](C(=O)N(C)Cc1cccc(F)c1)N1CCC(c2c[nH]c3ccccc23)CC1. The van der Waals surface area contributed by atoms with Crippen LogP contribution in [0.15, 0.2) is 54.7 Å². The van der Waals surface area contributed by atoms with Crippen molar-refractivity contribution in [3.05, 3.63) is 71.7 Å². The Balaban J connectivity index is 1.35. The third kappa shape index (κ3) is 4.20. The number of para-hydroxylation sites is 1. The molecule has 0 bridgehead atoms. The lowest BCUT2D eigenvalue weighted by Crippen LogP contribution is -2.48. The van der Waals surface area contributed by atoms with Gasteiger partial charge in [-0.1, -0.05) is 30.3 Å². The number of H-pyrrole nitrogens is 1. The molecule has 3 aromatic rings. The highest BCUT2D eigenvalue weighted by molar-refractivity contribution is 5.83. The zero-order valence-electron chi connectivity index (χ0n) is 17.1. The highest BCUT2D eigenvalue weighted by atomic mass is 19.1. The van der Waals surface area contributed by atoms with Gasteiger partial charge in [0, 0.05) is 30.7 Å². The third-order valence-corrected chi connectivity index (χ3v) is 6.18. The second-order valence-corrected chi connectivity index (χ2v) is 8.10. The Morgan fingerprint density at radius 3 is 2.72 bits per heavy atom. The second-order valence-electron chi connectivity index (χ2n) is 8.10. The molecule has 1 aliphatic heterocycles. The molecule has 1 atom stereocenters. The van der Waals surface area contributed by atoms with E-state index < -0.39 is 0 Å². The third-order valence-electron chi connectivity index (χ3n) is 6.18. The van der Waals surface area contributed by atoms with E-state index in [0.29, 0.717) is 12.5 Å². The van der Waals surface area contributed by atoms with E-state index in [9.17, 15) is 9.18 Å². The number of nitrogens with zero attached hydrogens (tertiary/aromatic N) is 2. The van der Waals surface area contributed by atoms with Gasteiger partial charge in [0.05, 0.1) is 6.04 Å². The summed E-state index contributed by atoms with van der Waals surface area (Å²) in [6, 6.07) is 14.7. The lowest BCUT2D eigenvalue weighted by molar-refractivity contribution is -0.136. The van der Waals surface area contributed by atoms with E-state index in [2.05, 4.69) is 40.3 Å². The quantitative estimate of drug-likeness (QED) is 0.692. The second kappa shape index (κ2) is 8.37. The van der Waals surface area contributed by atoms with Gasteiger partial charge >= 0.3 is 0 Å². The van der Waals surface area contributed by atoms with Crippen molar-refractivity contribution >= 4 is 16.8 Å². The zero-order valence-corrected chi connectivity index (χ0v) is 17.1. The number of hydrogen-bond acceptors (Lipinski definition) is 2. The van der Waals surface area contributed by atoms with Crippen molar-refractivity contribution in [2.45, 2.75) is 38.3 Å². The summed E-state index contributed by atoms with van der Waals surface area (Å²) >= 11 is 0. The summed E-state index contributed by atoms with van der Waals surface area (Å²) in [5.41, 5.74) is 3.39. The predicted molar refractivity (Wildman–Crippen MR) is 114 cm³/mol. The van der Waals surface area contributed by atoms with Crippen LogP contribution in [-0.2, 0) is 11.3 Å². The summed E-state index contributed by atoms with van der Waals surface area (Å²) in [7, 11) is 1.79. The minimum Gasteiger partial charge on any atom is -0.361 e. The first-order valence-corrected chi connectivity index (χ1v) is 10.3. The molecule has 4 rings (SSSR count). The molecule has 2 aromatic carbocycles. The van der Waals surface area contributed by atoms with E-state index in [1.54, 1.807) is 18.0 Å². The van der Waals surface area contributed by atoms with Crippen LogP contribution in [0.5, 0.6) is 0 Å². The first-order valence-electron chi connectivity index (χ1n) is 10.3. The highest BCUT2D eigenvalue weighted by Gasteiger charge is 2.29. The number of likely N-dealkylation sites (N-methyl/N-ethyl adjacent to an activating group) is 1. The summed E-state index contributed by atoms with van der Waals surface area (Å²) in [5, 5.41) is 1.31. The molecule has 4 nitrogen and oxygen atoms in total. The lowest BCUT2D eigenvalue weighted by atomic mass is 9.88. The summed E-state index contributed by atoms with van der Waals surface area (Å²) in [6.07, 6.45) is 4.24. The number of rotatable bonds is 5. The van der Waals surface area contributed by atoms with Gasteiger partial charge in [-0.05, 0) is 68.1 Å². The minimum atomic E-state index is -0.268. The van der Waals surface area contributed by atoms with E-state index in [1.807, 2.05) is 13.0 Å². The first-order chi connectivity index (χ1) is 14.0. The molecule has 0 saturated carbocycles. The Kier molecular flexibility index (Phi) is 5.67. The fourth-order valence-electron chi connectivity index (χ4n) is 4.49. The van der Waals surface area contributed by atoms with Crippen molar-refractivity contribution in [2.24, 2.45) is 0 Å². The molecule has 152 valence electrons. The maximum atomic E-state index is 13.4. The van der Waals surface area contributed by atoms with Gasteiger partial charge in [0.15, 0.2) is 0 Å². The number of amides is 1. The van der Waals surface area contributed by atoms with Crippen LogP contribution in [0.2, 0.25) is 0 Å². The smallest absolute Gasteiger partial charge is 0.239 e. The molecule has 1 fully saturated rings. The van der Waals surface area contributed by atoms with Gasteiger partial charge in [0.25, 0.3) is 0 Å². The fraction of sp³-hybridized carbons (Fsp3) is 0.375. The maximum Gasteiger partial charge on any atom is 0.239 e. The standard InChI is InChI=1S/C24H28FN3O/c1-17(24(29)27(2)16-18-6-5-7-20(25)14-18)28-12-10-19(11-13-28)22-15-26-23-9-4-3-8-21(22)23/h3-9,14-15,17,19,26H,10-13,16H2,1-2H3/t17-/m1/s1. The lowest BCUT2D eigenvalue weighted by Gasteiger charge is -2.36. The molecule has 0 aliphatic carbocycles. The molecule has 5 heteroatoms. The molecule has 1 N–H and O–H groups in total. The minimum absolute atomic E-state index is 0.0832. The van der Waals surface area contributed by atoms with Crippen molar-refractivity contribution < 1.29 is 9.18 Å². The molecule has 29 heavy (non-hydrogen) atoms. The summed E-state index contributed by atoms with van der Waals surface area (Å²) < 4.78 is 13.4. The molecular formula is C24H28FN3O. The molecule has 2 heterocycles. The predicted octanol–water partition coefficient (Wildman–Crippen LogP) is 4.53. The molecule has 1 aromatic heterocycles. The normalized spacial score (nSPS) is 16.8. The van der Waals surface area contributed by atoms with E-state index in [1.165, 1.54) is 28.6 Å². The van der Waals surface area contributed by atoms with Crippen LogP contribution in [0.1, 0.15) is 36.8 Å². The van der Waals surface area contributed by atoms with E-state index in [-0.39, 0.29) is 17.8 Å². The van der Waals surface area contributed by atoms with Crippen LogP contribution in [-0.4, -0.2) is 46.9 Å². The van der Waals surface area contributed by atoms with Gasteiger partial charge in [-0.25, -0.2) is 4.39 Å².